The Morgan fingerprint density at radius 1 is 0.956 bits per heavy atom. The molecular weight excluding hydrogens is 606 g/mol. The summed E-state index contributed by atoms with van der Waals surface area (Å²) in [5.41, 5.74) is 3.54. The molecule has 2 aliphatic heterocycles. The van der Waals surface area contributed by atoms with Crippen LogP contribution in [0.25, 0.3) is 11.3 Å². The molecule has 0 bridgehead atoms. The number of hydrogen-bond donors (Lipinski definition) is 0. The standard InChI is InChI=1S/C32H28ClN3O9/c1-39-25-8-17(9-26(40-2)31(25)41-3)28-19-10-23-24(44-15-43-23)11-20(19)30(21-14-42-32(38)29(21)28)45-27(37)13-36-12-22(34-35-36)16-4-6-18(33)7-5-16/h4-12,21,28-30H,13-15H2,1-3H3/t21-,28+,29-,30-/m0/s1. The topological polar surface area (TPSA) is 129 Å². The van der Waals surface area contributed by atoms with Gasteiger partial charge in [-0.05, 0) is 47.5 Å². The molecule has 3 heterocycles. The molecule has 12 nitrogen and oxygen atoms in total. The van der Waals surface area contributed by atoms with E-state index in [2.05, 4.69) is 10.3 Å². The van der Waals surface area contributed by atoms with Crippen LogP contribution in [0.5, 0.6) is 28.7 Å². The van der Waals surface area contributed by atoms with Crippen molar-refractivity contribution >= 4 is 23.5 Å². The average Bonchev–Trinajstić information content (AvgIpc) is 3.80. The van der Waals surface area contributed by atoms with Gasteiger partial charge in [-0.15, -0.1) is 5.10 Å². The van der Waals surface area contributed by atoms with Crippen LogP contribution in [0.15, 0.2) is 54.7 Å². The molecule has 7 rings (SSSR count). The van der Waals surface area contributed by atoms with Gasteiger partial charge in [0.1, 0.15) is 18.3 Å². The number of ether oxygens (including phenoxy) is 7. The maximum atomic E-state index is 13.4. The van der Waals surface area contributed by atoms with E-state index in [4.69, 9.17) is 44.8 Å². The number of esters is 2. The van der Waals surface area contributed by atoms with E-state index in [1.165, 1.54) is 26.0 Å². The van der Waals surface area contributed by atoms with Gasteiger partial charge in [0.2, 0.25) is 12.5 Å². The Kier molecular flexibility index (Phi) is 7.36. The predicted molar refractivity (Wildman–Crippen MR) is 158 cm³/mol. The second kappa shape index (κ2) is 11.5. The zero-order valence-corrected chi connectivity index (χ0v) is 25.3. The maximum absolute atomic E-state index is 13.4. The number of aromatic nitrogens is 3. The molecule has 4 atom stereocenters. The number of rotatable bonds is 8. The zero-order valence-electron chi connectivity index (χ0n) is 24.5. The van der Waals surface area contributed by atoms with E-state index in [0.29, 0.717) is 45.0 Å². The van der Waals surface area contributed by atoms with Crippen LogP contribution in [0.2, 0.25) is 5.02 Å². The Hall–Kier alpha value is -4.97. The number of methoxy groups -OCH3 is 3. The smallest absolute Gasteiger partial charge is 0.328 e. The van der Waals surface area contributed by atoms with Gasteiger partial charge < -0.3 is 33.2 Å². The number of nitrogens with zero attached hydrogens (tertiary/aromatic N) is 3. The van der Waals surface area contributed by atoms with Crippen molar-refractivity contribution in [3.63, 3.8) is 0 Å². The second-order valence-electron chi connectivity index (χ2n) is 10.8. The van der Waals surface area contributed by atoms with Gasteiger partial charge in [0, 0.05) is 28.0 Å². The number of fused-ring (bicyclic) bond motifs is 3. The number of hydrogen-bond acceptors (Lipinski definition) is 11. The molecule has 0 saturated carbocycles. The van der Waals surface area contributed by atoms with Crippen molar-refractivity contribution in [2.75, 3.05) is 34.7 Å². The van der Waals surface area contributed by atoms with Crippen molar-refractivity contribution in [2.24, 2.45) is 11.8 Å². The van der Waals surface area contributed by atoms with Gasteiger partial charge in [-0.2, -0.15) is 0 Å². The van der Waals surface area contributed by atoms with Gasteiger partial charge in [0.05, 0.1) is 40.1 Å². The van der Waals surface area contributed by atoms with Gasteiger partial charge in [0.15, 0.2) is 23.0 Å². The van der Waals surface area contributed by atoms with Crippen LogP contribution in [0.3, 0.4) is 0 Å². The first kappa shape index (κ1) is 28.8. The fourth-order valence-electron chi connectivity index (χ4n) is 6.38. The highest BCUT2D eigenvalue weighted by Gasteiger charge is 2.54. The van der Waals surface area contributed by atoms with Crippen molar-refractivity contribution < 1.29 is 42.7 Å². The maximum Gasteiger partial charge on any atom is 0.328 e. The quantitative estimate of drug-likeness (QED) is 0.253. The van der Waals surface area contributed by atoms with Crippen LogP contribution in [0, 0.1) is 11.8 Å². The zero-order chi connectivity index (χ0) is 31.2. The van der Waals surface area contributed by atoms with Gasteiger partial charge in [0.25, 0.3) is 0 Å². The Morgan fingerprint density at radius 2 is 1.64 bits per heavy atom. The van der Waals surface area contributed by atoms with E-state index in [1.807, 2.05) is 36.4 Å². The first-order valence-electron chi connectivity index (χ1n) is 14.1. The Morgan fingerprint density at radius 3 is 2.31 bits per heavy atom. The van der Waals surface area contributed by atoms with Crippen molar-refractivity contribution in [1.29, 1.82) is 0 Å². The summed E-state index contributed by atoms with van der Waals surface area (Å²) in [6, 6.07) is 14.4. The Labute approximate surface area is 262 Å². The van der Waals surface area contributed by atoms with Gasteiger partial charge in [-0.25, -0.2) is 4.68 Å². The molecule has 1 fully saturated rings. The first-order chi connectivity index (χ1) is 21.9. The first-order valence-corrected chi connectivity index (χ1v) is 14.5. The predicted octanol–water partition coefficient (Wildman–Crippen LogP) is 4.57. The number of cyclic esters (lactones) is 1. The van der Waals surface area contributed by atoms with Crippen molar-refractivity contribution in [2.45, 2.75) is 18.6 Å². The van der Waals surface area contributed by atoms with Gasteiger partial charge >= 0.3 is 11.9 Å². The molecule has 1 saturated heterocycles. The van der Waals surface area contributed by atoms with E-state index in [-0.39, 0.29) is 19.9 Å². The second-order valence-corrected chi connectivity index (χ2v) is 11.2. The molecule has 45 heavy (non-hydrogen) atoms. The number of halogens is 1. The lowest BCUT2D eigenvalue weighted by Gasteiger charge is -2.38. The molecule has 3 aliphatic rings. The Bertz CT molecular complexity index is 1770. The summed E-state index contributed by atoms with van der Waals surface area (Å²) in [4.78, 5) is 26.8. The number of carbonyl (C=O) groups is 2. The van der Waals surface area contributed by atoms with Crippen LogP contribution in [-0.2, 0) is 25.6 Å². The molecule has 0 spiro atoms. The van der Waals surface area contributed by atoms with Crippen molar-refractivity contribution in [3.8, 4) is 40.0 Å². The average molecular weight is 634 g/mol. The minimum absolute atomic E-state index is 0.0503. The van der Waals surface area contributed by atoms with Crippen molar-refractivity contribution in [1.82, 2.24) is 15.0 Å². The lowest BCUT2D eigenvalue weighted by atomic mass is 9.66. The van der Waals surface area contributed by atoms with Crippen molar-refractivity contribution in [3.05, 3.63) is 76.4 Å². The molecule has 13 heteroatoms. The lowest BCUT2D eigenvalue weighted by molar-refractivity contribution is -0.155. The number of carbonyl (C=O) groups excluding carboxylic acids is 2. The summed E-state index contributed by atoms with van der Waals surface area (Å²) in [7, 11) is 4.59. The molecular formula is C32H28ClN3O9. The fourth-order valence-corrected chi connectivity index (χ4v) is 6.51. The lowest BCUT2D eigenvalue weighted by Crippen LogP contribution is -2.37. The third-order valence-corrected chi connectivity index (χ3v) is 8.65. The molecule has 3 aromatic carbocycles. The normalized spacial score (nSPS) is 21.0. The van der Waals surface area contributed by atoms with Gasteiger partial charge in [-0.3, -0.25) is 9.59 Å². The molecule has 1 aliphatic carbocycles. The fraction of sp³-hybridized carbons (Fsp3) is 0.312. The molecule has 4 aromatic rings. The third-order valence-electron chi connectivity index (χ3n) is 8.39. The van der Waals surface area contributed by atoms with E-state index >= 15 is 0 Å². The van der Waals surface area contributed by atoms with E-state index < -0.39 is 35.8 Å². The van der Waals surface area contributed by atoms with Crippen LogP contribution in [0.1, 0.15) is 28.7 Å². The van der Waals surface area contributed by atoms with E-state index in [1.54, 1.807) is 18.3 Å². The minimum atomic E-state index is -0.809. The van der Waals surface area contributed by atoms with Gasteiger partial charge in [-0.1, -0.05) is 28.9 Å². The molecule has 232 valence electrons. The highest BCUT2D eigenvalue weighted by Crippen LogP contribution is 2.56. The van der Waals surface area contributed by atoms with Crippen LogP contribution >= 0.6 is 11.6 Å². The van der Waals surface area contributed by atoms with E-state index in [0.717, 1.165) is 16.7 Å². The summed E-state index contributed by atoms with van der Waals surface area (Å²) < 4.78 is 41.3. The minimum Gasteiger partial charge on any atom is -0.493 e. The molecule has 0 N–H and O–H groups in total. The third kappa shape index (κ3) is 5.04. The Balaban J connectivity index is 1.25. The van der Waals surface area contributed by atoms with Crippen LogP contribution in [-0.4, -0.2) is 61.7 Å². The molecule has 1 aromatic heterocycles. The highest BCUT2D eigenvalue weighted by molar-refractivity contribution is 6.30. The summed E-state index contributed by atoms with van der Waals surface area (Å²) in [5, 5.41) is 8.88. The summed E-state index contributed by atoms with van der Waals surface area (Å²) in [6.45, 7) is -0.0750. The summed E-state index contributed by atoms with van der Waals surface area (Å²) in [6.07, 6.45) is 0.846. The largest absolute Gasteiger partial charge is 0.493 e. The number of benzene rings is 3. The highest BCUT2D eigenvalue weighted by atomic mass is 35.5. The van der Waals surface area contributed by atoms with Crippen LogP contribution < -0.4 is 23.7 Å². The van der Waals surface area contributed by atoms with E-state index in [9.17, 15) is 9.59 Å². The molecule has 0 radical (unpaired) electrons. The molecule has 0 amide bonds. The molecule has 0 unspecified atom stereocenters. The summed E-state index contributed by atoms with van der Waals surface area (Å²) >= 11 is 6.00. The SMILES string of the molecule is COc1cc([C@@H]2c3cc4c(cc3[C@H](OC(=O)Cn3cc(-c5ccc(Cl)cc5)nn3)[C@H]3COC(=O)[C@H]23)OCO4)cc(OC)c1OC. The van der Waals surface area contributed by atoms with Crippen LogP contribution in [0.4, 0.5) is 0 Å². The monoisotopic (exact) mass is 633 g/mol. The summed E-state index contributed by atoms with van der Waals surface area (Å²) in [5.74, 6) is -0.268.